The zero-order chi connectivity index (χ0) is 15.3. The van der Waals surface area contributed by atoms with Crippen LogP contribution < -0.4 is 15.8 Å². The lowest BCUT2D eigenvalue weighted by atomic mass is 10.3. The Morgan fingerprint density at radius 1 is 1.40 bits per heavy atom. The van der Waals surface area contributed by atoms with Crippen molar-refractivity contribution in [1.82, 2.24) is 10.0 Å². The number of nitrogens with two attached hydrogens (primary N) is 1. The zero-order valence-corrected chi connectivity index (χ0v) is 11.4. The molecule has 0 radical (unpaired) electrons. The number of nitrogens with one attached hydrogen (secondary N) is 2. The van der Waals surface area contributed by atoms with Gasteiger partial charge < -0.3 is 11.1 Å². The largest absolute Gasteiger partial charge is 0.399 e. The van der Waals surface area contributed by atoms with E-state index in [0.717, 1.165) is 12.1 Å². The molecular formula is C10H14N4O5S. The molecule has 0 aromatic heterocycles. The average Bonchev–Trinajstić information content (AvgIpc) is 2.34. The lowest BCUT2D eigenvalue weighted by molar-refractivity contribution is -0.387. The molecule has 0 unspecified atom stereocenters. The Morgan fingerprint density at radius 2 is 2.05 bits per heavy atom. The first-order chi connectivity index (χ1) is 9.24. The highest BCUT2D eigenvalue weighted by Gasteiger charge is 2.25. The molecule has 0 aliphatic carbocycles. The number of rotatable bonds is 6. The molecule has 20 heavy (non-hydrogen) atoms. The van der Waals surface area contributed by atoms with Gasteiger partial charge in [-0.2, -0.15) is 0 Å². The highest BCUT2D eigenvalue weighted by molar-refractivity contribution is 7.89. The topological polar surface area (TPSA) is 144 Å². The van der Waals surface area contributed by atoms with Crippen molar-refractivity contribution in [3.63, 3.8) is 0 Å². The van der Waals surface area contributed by atoms with Crippen LogP contribution in [0.25, 0.3) is 0 Å². The third-order valence-corrected chi connectivity index (χ3v) is 3.77. The van der Waals surface area contributed by atoms with E-state index in [2.05, 4.69) is 10.0 Å². The minimum absolute atomic E-state index is 0.0799. The molecule has 1 amide bonds. The molecule has 110 valence electrons. The van der Waals surface area contributed by atoms with Crippen LogP contribution in [0.5, 0.6) is 0 Å². The van der Waals surface area contributed by atoms with E-state index in [1.807, 2.05) is 0 Å². The molecule has 10 heteroatoms. The van der Waals surface area contributed by atoms with E-state index < -0.39 is 25.5 Å². The summed E-state index contributed by atoms with van der Waals surface area (Å²) < 4.78 is 26.0. The van der Waals surface area contributed by atoms with Crippen molar-refractivity contribution in [2.24, 2.45) is 0 Å². The molecule has 0 spiro atoms. The molecular weight excluding hydrogens is 288 g/mol. The summed E-state index contributed by atoms with van der Waals surface area (Å²) >= 11 is 0. The standard InChI is InChI=1S/C10H14N4O5S/c1-7(15)12-4-5-13-20(18,19)10-3-2-8(11)6-9(10)14(16)17/h2-3,6,13H,4-5,11H2,1H3,(H,12,15). The number of anilines is 1. The molecule has 9 nitrogen and oxygen atoms in total. The number of carbonyl (C=O) groups is 1. The monoisotopic (exact) mass is 302 g/mol. The van der Waals surface area contributed by atoms with Gasteiger partial charge in [0.05, 0.1) is 4.92 Å². The predicted molar refractivity (Wildman–Crippen MR) is 71.4 cm³/mol. The maximum absolute atomic E-state index is 11.9. The first-order valence-electron chi connectivity index (χ1n) is 5.52. The Labute approximate surface area is 115 Å². The van der Waals surface area contributed by atoms with Crippen molar-refractivity contribution in [2.75, 3.05) is 18.8 Å². The number of nitro benzene ring substituents is 1. The summed E-state index contributed by atoms with van der Waals surface area (Å²) in [5.74, 6) is -0.303. The number of amides is 1. The van der Waals surface area contributed by atoms with E-state index in [-0.39, 0.29) is 24.7 Å². The fourth-order valence-electron chi connectivity index (χ4n) is 1.41. The zero-order valence-electron chi connectivity index (χ0n) is 10.6. The first kappa shape index (κ1) is 15.9. The SMILES string of the molecule is CC(=O)NCCNS(=O)(=O)c1ccc(N)cc1[N+](=O)[O-]. The van der Waals surface area contributed by atoms with Crippen LogP contribution in [0.2, 0.25) is 0 Å². The van der Waals surface area contributed by atoms with Gasteiger partial charge in [0.25, 0.3) is 5.69 Å². The number of nitrogens with zero attached hydrogens (tertiary/aromatic N) is 1. The second-order valence-electron chi connectivity index (χ2n) is 3.87. The Kier molecular flexibility index (Phi) is 5.00. The van der Waals surface area contributed by atoms with Gasteiger partial charge in [0.1, 0.15) is 0 Å². The van der Waals surface area contributed by atoms with Crippen molar-refractivity contribution in [2.45, 2.75) is 11.8 Å². The number of nitro groups is 1. The van der Waals surface area contributed by atoms with Gasteiger partial charge in [0, 0.05) is 31.8 Å². The van der Waals surface area contributed by atoms with Gasteiger partial charge in [-0.05, 0) is 12.1 Å². The number of hydrogen-bond acceptors (Lipinski definition) is 6. The summed E-state index contributed by atoms with van der Waals surface area (Å²) in [4.78, 5) is 20.2. The number of carbonyl (C=O) groups excluding carboxylic acids is 1. The van der Waals surface area contributed by atoms with Crippen molar-refractivity contribution in [3.8, 4) is 0 Å². The first-order valence-corrected chi connectivity index (χ1v) is 7.00. The van der Waals surface area contributed by atoms with Crippen LogP contribution in [0, 0.1) is 10.1 Å². The minimum atomic E-state index is -4.05. The number of benzene rings is 1. The molecule has 0 atom stereocenters. The Morgan fingerprint density at radius 3 is 2.60 bits per heavy atom. The smallest absolute Gasteiger partial charge is 0.291 e. The summed E-state index contributed by atoms with van der Waals surface area (Å²) in [6.07, 6.45) is 0. The quantitative estimate of drug-likeness (QED) is 0.282. The predicted octanol–water partition coefficient (Wildman–Crippen LogP) is -0.409. The summed E-state index contributed by atoms with van der Waals surface area (Å²) in [6.45, 7) is 1.29. The van der Waals surface area contributed by atoms with Crippen LogP contribution in [0.3, 0.4) is 0 Å². The van der Waals surface area contributed by atoms with E-state index in [1.54, 1.807) is 0 Å². The van der Waals surface area contributed by atoms with Crippen molar-refractivity contribution < 1.29 is 18.1 Å². The molecule has 0 bridgehead atoms. The summed E-state index contributed by atoms with van der Waals surface area (Å²) in [6, 6.07) is 3.30. The maximum Gasteiger partial charge on any atom is 0.291 e. The van der Waals surface area contributed by atoms with Crippen molar-refractivity contribution >= 4 is 27.3 Å². The van der Waals surface area contributed by atoms with Crippen LogP contribution in [0.4, 0.5) is 11.4 Å². The molecule has 0 aliphatic rings. The van der Waals surface area contributed by atoms with E-state index in [9.17, 15) is 23.3 Å². The van der Waals surface area contributed by atoms with Crippen LogP contribution >= 0.6 is 0 Å². The third-order valence-electron chi connectivity index (χ3n) is 2.26. The van der Waals surface area contributed by atoms with E-state index >= 15 is 0 Å². The summed E-state index contributed by atoms with van der Waals surface area (Å²) in [7, 11) is -4.05. The highest BCUT2D eigenvalue weighted by Crippen LogP contribution is 2.25. The number of sulfonamides is 1. The molecule has 0 saturated carbocycles. The highest BCUT2D eigenvalue weighted by atomic mass is 32.2. The fraction of sp³-hybridized carbons (Fsp3) is 0.300. The number of hydrogen-bond donors (Lipinski definition) is 3. The molecule has 1 aromatic rings. The molecule has 0 aliphatic heterocycles. The van der Waals surface area contributed by atoms with Gasteiger partial charge in [-0.25, -0.2) is 13.1 Å². The summed E-state index contributed by atoms with van der Waals surface area (Å²) in [5, 5.41) is 13.2. The molecule has 1 rings (SSSR count). The maximum atomic E-state index is 11.9. The second-order valence-corrected chi connectivity index (χ2v) is 5.60. The van der Waals surface area contributed by atoms with Gasteiger partial charge in [-0.15, -0.1) is 0 Å². The Balaban J connectivity index is 2.92. The van der Waals surface area contributed by atoms with Crippen LogP contribution in [0.1, 0.15) is 6.92 Å². The van der Waals surface area contributed by atoms with Gasteiger partial charge in [0.2, 0.25) is 15.9 Å². The Bertz CT molecular complexity index is 629. The van der Waals surface area contributed by atoms with Crippen LogP contribution in [-0.4, -0.2) is 32.3 Å². The number of nitrogen functional groups attached to an aromatic ring is 1. The van der Waals surface area contributed by atoms with Crippen LogP contribution in [-0.2, 0) is 14.8 Å². The van der Waals surface area contributed by atoms with Gasteiger partial charge in [0.15, 0.2) is 4.90 Å². The van der Waals surface area contributed by atoms with E-state index in [4.69, 9.17) is 5.73 Å². The Hall–Kier alpha value is -2.20. The molecule has 0 saturated heterocycles. The lowest BCUT2D eigenvalue weighted by Crippen LogP contribution is -2.33. The fourth-order valence-corrected chi connectivity index (χ4v) is 2.59. The average molecular weight is 302 g/mol. The summed E-state index contributed by atoms with van der Waals surface area (Å²) in [5.41, 5.74) is 4.89. The van der Waals surface area contributed by atoms with E-state index in [0.29, 0.717) is 0 Å². The van der Waals surface area contributed by atoms with E-state index in [1.165, 1.54) is 13.0 Å². The molecule has 0 heterocycles. The molecule has 1 aromatic carbocycles. The van der Waals surface area contributed by atoms with Crippen molar-refractivity contribution in [3.05, 3.63) is 28.3 Å². The van der Waals surface area contributed by atoms with Gasteiger partial charge in [-0.1, -0.05) is 0 Å². The van der Waals surface area contributed by atoms with Crippen molar-refractivity contribution in [1.29, 1.82) is 0 Å². The molecule has 0 fully saturated rings. The van der Waals surface area contributed by atoms with Crippen LogP contribution in [0.15, 0.2) is 23.1 Å². The van der Waals surface area contributed by atoms with Gasteiger partial charge in [-0.3, -0.25) is 14.9 Å². The molecule has 4 N–H and O–H groups in total. The minimum Gasteiger partial charge on any atom is -0.399 e. The third kappa shape index (κ3) is 4.17. The lowest BCUT2D eigenvalue weighted by Gasteiger charge is -2.08. The van der Waals surface area contributed by atoms with Gasteiger partial charge >= 0.3 is 0 Å². The second kappa shape index (κ2) is 6.30. The normalized spacial score (nSPS) is 11.1.